The van der Waals surface area contributed by atoms with E-state index in [2.05, 4.69) is 226 Å². The molecule has 0 aliphatic heterocycles. The van der Waals surface area contributed by atoms with Crippen LogP contribution in [0.2, 0.25) is 0 Å². The van der Waals surface area contributed by atoms with Crippen molar-refractivity contribution in [2.45, 2.75) is 59.7 Å². The van der Waals surface area contributed by atoms with E-state index < -0.39 is 23.8 Å². The van der Waals surface area contributed by atoms with Gasteiger partial charge in [0.25, 0.3) is 17.7 Å². The third-order valence-electron chi connectivity index (χ3n) is 15.0. The zero-order valence-electron chi connectivity index (χ0n) is 47.8. The lowest BCUT2D eigenvalue weighted by Crippen LogP contribution is -2.56. The highest BCUT2D eigenvalue weighted by atomic mass is 31.1. The van der Waals surface area contributed by atoms with Crippen LogP contribution in [0, 0.1) is 17.8 Å². The van der Waals surface area contributed by atoms with Crippen LogP contribution < -0.4 is 63.7 Å². The number of carbonyl (C=O) groups excluding carboxylic acids is 3. The van der Waals surface area contributed by atoms with Gasteiger partial charge < -0.3 is 16.0 Å². The van der Waals surface area contributed by atoms with E-state index in [0.29, 0.717) is 36.3 Å². The number of nitrogens with one attached hydrogen (secondary N) is 3. The topological polar surface area (TPSA) is 90.5 Å². The summed E-state index contributed by atoms with van der Waals surface area (Å²) in [6.07, 6.45) is 0. The monoisotopic (exact) mass is 1140 g/mol. The molecule has 0 aliphatic rings. The Hall–Kier alpha value is -7.36. The average molecular weight is 1140 g/mol. The fourth-order valence-corrected chi connectivity index (χ4v) is 17.7. The van der Waals surface area contributed by atoms with Gasteiger partial charge in [-0.15, -0.1) is 0 Å². The zero-order valence-corrected chi connectivity index (χ0v) is 50.5. The standard InChI is InChI=1S/C72H75N4O3P3/c1-52(2)64(73-70(77)61-43-25-28-46-67(61)80(55-31-13-7-14-32-55)56-33-15-8-16-34-56)49-76(50-65(53(3)4)74-71(78)62-44-26-29-47-68(62)81(57-35-17-9-18-36-57)58-37-19-10-20-38-58)51-66(54(5)6)75-72(79)63-45-27-30-48-69(63)82(59-39-21-11-22-40-59)60-41-23-12-24-42-60/h7-48,52-54,64-66H,49-51H2,1-6H3,(H,73,77)(H,74,78)(H,75,79)/t64-,65-,66-/m1/s1. The molecule has 0 saturated heterocycles. The van der Waals surface area contributed by atoms with Crippen molar-refractivity contribution in [1.29, 1.82) is 0 Å². The van der Waals surface area contributed by atoms with E-state index in [1.807, 2.05) is 91.0 Å². The SMILES string of the molecule is CC(C)[C@@H](CN(C[C@@H](NC(=O)c1ccccc1P(c1ccccc1)c1ccccc1)C(C)C)C[C@@H](NC(=O)c1ccccc1P(c1ccccc1)c1ccccc1)C(C)C)NC(=O)c1ccccc1P(c1ccccc1)c1ccccc1. The molecule has 3 atom stereocenters. The first-order valence-electron chi connectivity index (χ1n) is 28.6. The van der Waals surface area contributed by atoms with E-state index in [1.165, 1.54) is 0 Å². The highest BCUT2D eigenvalue weighted by Crippen LogP contribution is 2.37. The second-order valence-electron chi connectivity index (χ2n) is 21.8. The molecule has 3 N–H and O–H groups in total. The summed E-state index contributed by atoms with van der Waals surface area (Å²) < 4.78 is 0. The molecule has 0 unspecified atom stereocenters. The predicted molar refractivity (Wildman–Crippen MR) is 350 cm³/mol. The van der Waals surface area contributed by atoms with Crippen molar-refractivity contribution in [2.24, 2.45) is 17.8 Å². The van der Waals surface area contributed by atoms with Gasteiger partial charge in [-0.1, -0.05) is 278 Å². The lowest BCUT2D eigenvalue weighted by molar-refractivity contribution is 0.0855. The van der Waals surface area contributed by atoms with Gasteiger partial charge in [-0.2, -0.15) is 0 Å². The number of benzene rings is 9. The summed E-state index contributed by atoms with van der Waals surface area (Å²) in [7, 11) is -3.20. The number of hydrogen-bond donors (Lipinski definition) is 3. The Kier molecular flexibility index (Phi) is 21.0. The van der Waals surface area contributed by atoms with E-state index >= 15 is 14.4 Å². The van der Waals surface area contributed by atoms with Gasteiger partial charge in [0.05, 0.1) is 0 Å². The Bertz CT molecular complexity index is 2980. The van der Waals surface area contributed by atoms with Gasteiger partial charge in [0.1, 0.15) is 0 Å². The van der Waals surface area contributed by atoms with E-state index in [0.717, 1.165) is 47.7 Å². The minimum absolute atomic E-state index is 0.0201. The molecule has 9 rings (SSSR count). The third kappa shape index (κ3) is 15.0. The summed E-state index contributed by atoms with van der Waals surface area (Å²) >= 11 is 0. The average Bonchev–Trinajstić information content (AvgIpc) is 3.71. The molecule has 0 aromatic heterocycles. The van der Waals surface area contributed by atoms with Gasteiger partial charge in [-0.25, -0.2) is 0 Å². The Morgan fingerprint density at radius 2 is 0.476 bits per heavy atom. The molecule has 416 valence electrons. The van der Waals surface area contributed by atoms with Crippen molar-refractivity contribution in [1.82, 2.24) is 20.9 Å². The number of hydrogen-bond acceptors (Lipinski definition) is 4. The van der Waals surface area contributed by atoms with E-state index in [4.69, 9.17) is 0 Å². The van der Waals surface area contributed by atoms with Crippen LogP contribution >= 0.6 is 23.8 Å². The van der Waals surface area contributed by atoms with Crippen LogP contribution in [0.1, 0.15) is 72.6 Å². The van der Waals surface area contributed by atoms with Crippen LogP contribution in [-0.2, 0) is 0 Å². The molecule has 10 heteroatoms. The molecule has 0 spiro atoms. The van der Waals surface area contributed by atoms with E-state index in [-0.39, 0.29) is 53.6 Å². The van der Waals surface area contributed by atoms with Gasteiger partial charge in [-0.05, 0) is 107 Å². The maximum absolute atomic E-state index is 15.1. The van der Waals surface area contributed by atoms with Crippen LogP contribution in [0.15, 0.2) is 255 Å². The first kappa shape index (κ1) is 59.3. The first-order valence-corrected chi connectivity index (χ1v) is 32.6. The van der Waals surface area contributed by atoms with Gasteiger partial charge in [0.15, 0.2) is 0 Å². The van der Waals surface area contributed by atoms with Crippen LogP contribution in [0.4, 0.5) is 0 Å². The molecule has 7 nitrogen and oxygen atoms in total. The van der Waals surface area contributed by atoms with Crippen LogP contribution in [0.25, 0.3) is 0 Å². The molecule has 0 bridgehead atoms. The second kappa shape index (κ2) is 29.1. The summed E-state index contributed by atoms with van der Waals surface area (Å²) in [4.78, 5) is 47.8. The molecule has 9 aromatic rings. The van der Waals surface area contributed by atoms with Crippen molar-refractivity contribution in [2.75, 3.05) is 19.6 Å². The quantitative estimate of drug-likeness (QED) is 0.0526. The summed E-state index contributed by atoms with van der Waals surface area (Å²) in [5.41, 5.74) is 1.94. The first-order chi connectivity index (χ1) is 39.9. The largest absolute Gasteiger partial charge is 0.348 e. The summed E-state index contributed by atoms with van der Waals surface area (Å²) in [5, 5.41) is 20.6. The minimum Gasteiger partial charge on any atom is -0.348 e. The highest BCUT2D eigenvalue weighted by molar-refractivity contribution is 7.80. The Balaban J connectivity index is 1.05. The minimum atomic E-state index is -1.07. The normalized spacial score (nSPS) is 12.7. The summed E-state index contributed by atoms with van der Waals surface area (Å²) in [6.45, 7) is 14.3. The van der Waals surface area contributed by atoms with Crippen molar-refractivity contribution in [3.8, 4) is 0 Å². The molecule has 0 aliphatic carbocycles. The number of nitrogens with zero attached hydrogens (tertiary/aromatic N) is 1. The fourth-order valence-electron chi connectivity index (χ4n) is 10.4. The summed E-state index contributed by atoms with van der Waals surface area (Å²) in [6, 6.07) is 86.1. The number of carbonyl (C=O) groups is 3. The van der Waals surface area contributed by atoms with Gasteiger partial charge >= 0.3 is 0 Å². The molecule has 0 heterocycles. The van der Waals surface area contributed by atoms with Crippen LogP contribution in [0.3, 0.4) is 0 Å². The summed E-state index contributed by atoms with van der Waals surface area (Å²) in [5.74, 6) is -0.340. The Labute approximate surface area is 490 Å². The fraction of sp³-hybridized carbons (Fsp3) is 0.208. The number of amides is 3. The molecular formula is C72H75N4O3P3. The van der Waals surface area contributed by atoms with Gasteiger partial charge in [-0.3, -0.25) is 19.3 Å². The Morgan fingerprint density at radius 1 is 0.293 bits per heavy atom. The number of rotatable bonds is 24. The molecular weight excluding hydrogens is 1060 g/mol. The van der Waals surface area contributed by atoms with Crippen molar-refractivity contribution in [3.63, 3.8) is 0 Å². The molecule has 3 amide bonds. The maximum atomic E-state index is 15.1. The van der Waals surface area contributed by atoms with Crippen molar-refractivity contribution in [3.05, 3.63) is 271 Å². The third-order valence-corrected chi connectivity index (χ3v) is 22.5. The lowest BCUT2D eigenvalue weighted by atomic mass is 9.97. The van der Waals surface area contributed by atoms with Gasteiger partial charge in [0.2, 0.25) is 0 Å². The smallest absolute Gasteiger partial charge is 0.252 e. The van der Waals surface area contributed by atoms with Gasteiger partial charge in [0, 0.05) is 54.5 Å². The van der Waals surface area contributed by atoms with Crippen molar-refractivity contribution < 1.29 is 14.4 Å². The molecule has 9 aromatic carbocycles. The van der Waals surface area contributed by atoms with Crippen LogP contribution in [0.5, 0.6) is 0 Å². The zero-order chi connectivity index (χ0) is 57.4. The highest BCUT2D eigenvalue weighted by Gasteiger charge is 2.32. The van der Waals surface area contributed by atoms with E-state index in [9.17, 15) is 0 Å². The van der Waals surface area contributed by atoms with E-state index in [1.54, 1.807) is 0 Å². The van der Waals surface area contributed by atoms with Crippen LogP contribution in [-0.4, -0.2) is 60.4 Å². The van der Waals surface area contributed by atoms with Crippen molar-refractivity contribution >= 4 is 89.2 Å². The molecule has 0 saturated carbocycles. The maximum Gasteiger partial charge on any atom is 0.252 e. The second-order valence-corrected chi connectivity index (χ2v) is 28.3. The molecule has 82 heavy (non-hydrogen) atoms. The molecule has 0 fully saturated rings. The Morgan fingerprint density at radius 3 is 0.671 bits per heavy atom. The molecule has 0 radical (unpaired) electrons. The lowest BCUT2D eigenvalue weighted by Gasteiger charge is -2.37. The predicted octanol–water partition coefficient (Wildman–Crippen LogP) is 10.9.